The van der Waals surface area contributed by atoms with E-state index in [-0.39, 0.29) is 17.4 Å². The number of methoxy groups -OCH3 is 1. The second kappa shape index (κ2) is 7.01. The van der Waals surface area contributed by atoms with Crippen LogP contribution in [0.1, 0.15) is 40.4 Å². The average Bonchev–Trinajstić information content (AvgIpc) is 3.03. The number of aromatic carboxylic acids is 1. The van der Waals surface area contributed by atoms with Gasteiger partial charge in [0.05, 0.1) is 7.11 Å². The average molecular weight is 329 g/mol. The summed E-state index contributed by atoms with van der Waals surface area (Å²) >= 11 is 0. The predicted molar refractivity (Wildman–Crippen MR) is 88.7 cm³/mol. The first-order valence-corrected chi connectivity index (χ1v) is 7.98. The van der Waals surface area contributed by atoms with E-state index < -0.39 is 5.97 Å². The highest BCUT2D eigenvalue weighted by atomic mass is 19.1. The molecule has 126 valence electrons. The molecule has 0 aromatic heterocycles. The molecule has 1 aliphatic heterocycles. The number of carboxylic acid groups (broad SMARTS) is 1. The lowest BCUT2D eigenvalue weighted by Gasteiger charge is -2.25. The number of hydrogen-bond donors (Lipinski definition) is 1. The summed E-state index contributed by atoms with van der Waals surface area (Å²) in [6.45, 7) is 1.60. The third kappa shape index (κ3) is 3.41. The van der Waals surface area contributed by atoms with E-state index in [1.54, 1.807) is 12.1 Å². The summed E-state index contributed by atoms with van der Waals surface area (Å²) in [5.41, 5.74) is 2.20. The minimum Gasteiger partial charge on any atom is -0.496 e. The van der Waals surface area contributed by atoms with Crippen molar-refractivity contribution in [1.82, 2.24) is 4.90 Å². The van der Waals surface area contributed by atoms with Gasteiger partial charge in [0.1, 0.15) is 17.1 Å². The molecule has 0 aliphatic carbocycles. The molecule has 2 aromatic rings. The number of carbonyl (C=O) groups is 1. The van der Waals surface area contributed by atoms with Gasteiger partial charge in [0.2, 0.25) is 0 Å². The van der Waals surface area contributed by atoms with Crippen molar-refractivity contribution in [2.45, 2.75) is 25.4 Å². The van der Waals surface area contributed by atoms with Gasteiger partial charge in [-0.05, 0) is 54.8 Å². The summed E-state index contributed by atoms with van der Waals surface area (Å²) in [4.78, 5) is 13.7. The highest BCUT2D eigenvalue weighted by Gasteiger charge is 2.26. The van der Waals surface area contributed by atoms with Crippen LogP contribution in [0.25, 0.3) is 0 Å². The van der Waals surface area contributed by atoms with Crippen molar-refractivity contribution in [1.29, 1.82) is 0 Å². The number of hydrogen-bond acceptors (Lipinski definition) is 3. The Balaban J connectivity index is 1.81. The minimum atomic E-state index is -0.995. The fourth-order valence-corrected chi connectivity index (χ4v) is 3.33. The second-order valence-corrected chi connectivity index (χ2v) is 6.02. The summed E-state index contributed by atoms with van der Waals surface area (Å²) in [6.07, 6.45) is 2.09. The molecule has 0 radical (unpaired) electrons. The molecule has 1 N–H and O–H groups in total. The van der Waals surface area contributed by atoms with Crippen LogP contribution in [0.15, 0.2) is 42.5 Å². The largest absolute Gasteiger partial charge is 0.496 e. The molecule has 0 spiro atoms. The summed E-state index contributed by atoms with van der Waals surface area (Å²) in [5.74, 6) is -0.863. The van der Waals surface area contributed by atoms with Gasteiger partial charge < -0.3 is 9.84 Å². The number of rotatable bonds is 5. The zero-order valence-corrected chi connectivity index (χ0v) is 13.5. The fraction of sp³-hybridized carbons (Fsp3) is 0.316. The van der Waals surface area contributed by atoms with Crippen molar-refractivity contribution in [3.8, 4) is 5.75 Å². The van der Waals surface area contributed by atoms with E-state index in [0.717, 1.165) is 30.5 Å². The van der Waals surface area contributed by atoms with E-state index in [1.807, 2.05) is 18.2 Å². The first kappa shape index (κ1) is 16.5. The number of halogens is 1. The molecule has 3 rings (SSSR count). The van der Waals surface area contributed by atoms with E-state index in [2.05, 4.69) is 4.90 Å². The molecular weight excluding hydrogens is 309 g/mol. The topological polar surface area (TPSA) is 49.8 Å². The van der Waals surface area contributed by atoms with Crippen molar-refractivity contribution < 1.29 is 19.0 Å². The first-order chi connectivity index (χ1) is 11.6. The molecular formula is C19H20FNO3. The lowest BCUT2D eigenvalue weighted by Crippen LogP contribution is -2.23. The molecule has 1 heterocycles. The Morgan fingerprint density at radius 3 is 2.71 bits per heavy atom. The van der Waals surface area contributed by atoms with Gasteiger partial charge in [-0.1, -0.05) is 18.2 Å². The van der Waals surface area contributed by atoms with Crippen LogP contribution in [0.2, 0.25) is 0 Å². The molecule has 1 unspecified atom stereocenters. The molecule has 24 heavy (non-hydrogen) atoms. The zero-order chi connectivity index (χ0) is 17.1. The Kier molecular flexibility index (Phi) is 4.81. The van der Waals surface area contributed by atoms with Crippen LogP contribution < -0.4 is 4.74 Å². The monoisotopic (exact) mass is 329 g/mol. The Bertz CT molecular complexity index is 730. The number of ether oxygens (including phenoxy) is 1. The summed E-state index contributed by atoms with van der Waals surface area (Å²) in [6, 6.07) is 12.1. The van der Waals surface area contributed by atoms with E-state index in [0.29, 0.717) is 12.3 Å². The molecule has 0 bridgehead atoms. The van der Waals surface area contributed by atoms with Crippen LogP contribution in [0.4, 0.5) is 4.39 Å². The maximum atomic E-state index is 13.1. The molecule has 1 saturated heterocycles. The van der Waals surface area contributed by atoms with E-state index >= 15 is 0 Å². The van der Waals surface area contributed by atoms with Gasteiger partial charge >= 0.3 is 5.97 Å². The minimum absolute atomic E-state index is 0.174. The van der Waals surface area contributed by atoms with Crippen LogP contribution in [-0.4, -0.2) is 29.6 Å². The molecule has 0 saturated carbocycles. The van der Waals surface area contributed by atoms with Crippen molar-refractivity contribution >= 4 is 5.97 Å². The molecule has 2 aromatic carbocycles. The van der Waals surface area contributed by atoms with Crippen LogP contribution in [0.3, 0.4) is 0 Å². The van der Waals surface area contributed by atoms with Gasteiger partial charge in [-0.3, -0.25) is 4.90 Å². The Labute approximate surface area is 140 Å². The van der Waals surface area contributed by atoms with Crippen LogP contribution >= 0.6 is 0 Å². The lowest BCUT2D eigenvalue weighted by molar-refractivity contribution is 0.0693. The van der Waals surface area contributed by atoms with E-state index in [4.69, 9.17) is 4.74 Å². The number of benzene rings is 2. The third-order valence-corrected chi connectivity index (χ3v) is 4.50. The molecule has 1 atom stereocenters. The first-order valence-electron chi connectivity index (χ1n) is 7.98. The Morgan fingerprint density at radius 1 is 1.29 bits per heavy atom. The van der Waals surface area contributed by atoms with E-state index in [9.17, 15) is 14.3 Å². The zero-order valence-electron chi connectivity index (χ0n) is 13.5. The van der Waals surface area contributed by atoms with Crippen LogP contribution in [0, 0.1) is 5.82 Å². The summed E-state index contributed by atoms with van der Waals surface area (Å²) < 4.78 is 18.2. The van der Waals surface area contributed by atoms with Gasteiger partial charge in [-0.2, -0.15) is 0 Å². The molecule has 1 aliphatic rings. The van der Waals surface area contributed by atoms with Crippen LogP contribution in [-0.2, 0) is 6.54 Å². The highest BCUT2D eigenvalue weighted by molar-refractivity contribution is 5.91. The van der Waals surface area contributed by atoms with Crippen molar-refractivity contribution in [3.05, 3.63) is 65.0 Å². The standard InChI is InChI=1S/C19H20FNO3/c1-24-18-9-4-13(11-16(18)19(22)23)12-21-10-2-3-17(21)14-5-7-15(20)8-6-14/h4-9,11,17H,2-3,10,12H2,1H3,(H,22,23). The summed E-state index contributed by atoms with van der Waals surface area (Å²) in [5, 5.41) is 9.31. The van der Waals surface area contributed by atoms with Crippen molar-refractivity contribution in [2.75, 3.05) is 13.7 Å². The van der Waals surface area contributed by atoms with Gasteiger partial charge in [-0.15, -0.1) is 0 Å². The predicted octanol–water partition coefficient (Wildman–Crippen LogP) is 3.87. The molecule has 1 fully saturated rings. The highest BCUT2D eigenvalue weighted by Crippen LogP contribution is 2.33. The van der Waals surface area contributed by atoms with Crippen molar-refractivity contribution in [3.63, 3.8) is 0 Å². The lowest BCUT2D eigenvalue weighted by atomic mass is 10.0. The van der Waals surface area contributed by atoms with Gasteiger partial charge in [0.25, 0.3) is 0 Å². The SMILES string of the molecule is COc1ccc(CN2CCCC2c2ccc(F)cc2)cc1C(=O)O. The maximum absolute atomic E-state index is 13.1. The van der Waals surface area contributed by atoms with Crippen LogP contribution in [0.5, 0.6) is 5.75 Å². The number of nitrogens with zero attached hydrogens (tertiary/aromatic N) is 1. The molecule has 0 amide bonds. The number of carboxylic acids is 1. The maximum Gasteiger partial charge on any atom is 0.339 e. The van der Waals surface area contributed by atoms with Gasteiger partial charge in [0.15, 0.2) is 0 Å². The van der Waals surface area contributed by atoms with Crippen molar-refractivity contribution in [2.24, 2.45) is 0 Å². The normalized spacial score (nSPS) is 17.8. The fourth-order valence-electron chi connectivity index (χ4n) is 3.33. The Hall–Kier alpha value is -2.40. The molecule has 5 heteroatoms. The quantitative estimate of drug-likeness (QED) is 0.905. The second-order valence-electron chi connectivity index (χ2n) is 6.02. The van der Waals surface area contributed by atoms with E-state index in [1.165, 1.54) is 19.2 Å². The van der Waals surface area contributed by atoms with Gasteiger partial charge in [-0.25, -0.2) is 9.18 Å². The Morgan fingerprint density at radius 2 is 2.04 bits per heavy atom. The molecule has 4 nitrogen and oxygen atoms in total. The smallest absolute Gasteiger partial charge is 0.339 e. The third-order valence-electron chi connectivity index (χ3n) is 4.50. The van der Waals surface area contributed by atoms with Gasteiger partial charge in [0, 0.05) is 12.6 Å². The summed E-state index contributed by atoms with van der Waals surface area (Å²) in [7, 11) is 1.46. The number of likely N-dealkylation sites (tertiary alicyclic amines) is 1.